The predicted molar refractivity (Wildman–Crippen MR) is 100 cm³/mol. The van der Waals surface area contributed by atoms with Crippen LogP contribution in [0.2, 0.25) is 0 Å². The molecule has 0 bridgehead atoms. The summed E-state index contributed by atoms with van der Waals surface area (Å²) in [5.41, 5.74) is 1.33. The molecule has 0 unspecified atom stereocenters. The van der Waals surface area contributed by atoms with E-state index in [4.69, 9.17) is 0 Å². The highest BCUT2D eigenvalue weighted by molar-refractivity contribution is 5.79. The van der Waals surface area contributed by atoms with E-state index in [-0.39, 0.29) is 0 Å². The molecule has 130 valence electrons. The minimum atomic E-state index is 0.584. The summed E-state index contributed by atoms with van der Waals surface area (Å²) in [4.78, 5) is 9.10. The number of aliphatic imine (C=N–C) groups is 1. The average Bonchev–Trinajstić information content (AvgIpc) is 3.00. The molecule has 2 N–H and O–H groups in total. The van der Waals surface area contributed by atoms with Crippen molar-refractivity contribution >= 4 is 5.96 Å². The van der Waals surface area contributed by atoms with E-state index in [1.165, 1.54) is 5.56 Å². The summed E-state index contributed by atoms with van der Waals surface area (Å²) in [5.74, 6) is 2.44. The van der Waals surface area contributed by atoms with Crippen LogP contribution in [0.1, 0.15) is 32.2 Å². The van der Waals surface area contributed by atoms with Crippen molar-refractivity contribution in [3.05, 3.63) is 54.1 Å². The van der Waals surface area contributed by atoms with E-state index >= 15 is 0 Å². The Morgan fingerprint density at radius 1 is 1.21 bits per heavy atom. The summed E-state index contributed by atoms with van der Waals surface area (Å²) in [6.07, 6.45) is 4.86. The minimum Gasteiger partial charge on any atom is -0.357 e. The van der Waals surface area contributed by atoms with Crippen LogP contribution in [0.25, 0.3) is 0 Å². The number of nitrogens with zero attached hydrogens (tertiary/aromatic N) is 3. The lowest BCUT2D eigenvalue weighted by atomic mass is 10.1. The average molecular weight is 327 g/mol. The molecule has 0 fully saturated rings. The molecule has 5 nitrogen and oxygen atoms in total. The standard InChI is InChI=1S/C19H29N5/c1-4-20-19(22-11-10-17-8-6-5-7-9-17)23-14-18-21-12-13-24(18)15-16(2)3/h5-9,12-13,16H,4,10-11,14-15H2,1-3H3,(H2,20,22,23). The Bertz CT molecular complexity index is 616. The fourth-order valence-electron chi connectivity index (χ4n) is 2.51. The third kappa shape index (κ3) is 6.07. The summed E-state index contributed by atoms with van der Waals surface area (Å²) in [6, 6.07) is 10.5. The van der Waals surface area contributed by atoms with Crippen molar-refractivity contribution in [1.82, 2.24) is 20.2 Å². The van der Waals surface area contributed by atoms with Gasteiger partial charge >= 0.3 is 0 Å². The summed E-state index contributed by atoms with van der Waals surface area (Å²) in [5, 5.41) is 6.69. The van der Waals surface area contributed by atoms with Gasteiger partial charge in [-0.3, -0.25) is 0 Å². The molecule has 0 aliphatic heterocycles. The fourth-order valence-corrected chi connectivity index (χ4v) is 2.51. The van der Waals surface area contributed by atoms with Gasteiger partial charge in [0.2, 0.25) is 0 Å². The molecular formula is C19H29N5. The molecule has 1 aromatic heterocycles. The maximum absolute atomic E-state index is 4.67. The smallest absolute Gasteiger partial charge is 0.191 e. The Balaban J connectivity index is 1.89. The van der Waals surface area contributed by atoms with Gasteiger partial charge in [-0.1, -0.05) is 44.2 Å². The first-order valence-corrected chi connectivity index (χ1v) is 8.75. The molecule has 0 saturated heterocycles. The van der Waals surface area contributed by atoms with Gasteiger partial charge in [-0.2, -0.15) is 0 Å². The molecule has 2 rings (SSSR count). The van der Waals surface area contributed by atoms with E-state index in [0.717, 1.165) is 37.8 Å². The van der Waals surface area contributed by atoms with Crippen LogP contribution in [0.15, 0.2) is 47.7 Å². The van der Waals surface area contributed by atoms with Gasteiger partial charge in [-0.05, 0) is 24.8 Å². The van der Waals surface area contributed by atoms with Crippen molar-refractivity contribution in [1.29, 1.82) is 0 Å². The Morgan fingerprint density at radius 2 is 2.00 bits per heavy atom. The lowest BCUT2D eigenvalue weighted by Gasteiger charge is -2.12. The molecular weight excluding hydrogens is 298 g/mol. The van der Waals surface area contributed by atoms with Gasteiger partial charge in [0.25, 0.3) is 0 Å². The van der Waals surface area contributed by atoms with Gasteiger partial charge in [-0.25, -0.2) is 9.98 Å². The zero-order chi connectivity index (χ0) is 17.2. The van der Waals surface area contributed by atoms with Crippen molar-refractivity contribution in [2.75, 3.05) is 13.1 Å². The van der Waals surface area contributed by atoms with Crippen LogP contribution in [-0.2, 0) is 19.5 Å². The van der Waals surface area contributed by atoms with Crippen LogP contribution in [0.4, 0.5) is 0 Å². The van der Waals surface area contributed by atoms with E-state index < -0.39 is 0 Å². The molecule has 0 radical (unpaired) electrons. The SMILES string of the molecule is CCNC(=NCc1nccn1CC(C)C)NCCc1ccccc1. The van der Waals surface area contributed by atoms with E-state index in [0.29, 0.717) is 12.5 Å². The number of aromatic nitrogens is 2. The highest BCUT2D eigenvalue weighted by atomic mass is 15.2. The summed E-state index contributed by atoms with van der Waals surface area (Å²) in [7, 11) is 0. The quantitative estimate of drug-likeness (QED) is 0.579. The summed E-state index contributed by atoms with van der Waals surface area (Å²) < 4.78 is 2.18. The third-order valence-electron chi connectivity index (χ3n) is 3.64. The van der Waals surface area contributed by atoms with Crippen LogP contribution in [0.3, 0.4) is 0 Å². The van der Waals surface area contributed by atoms with E-state index in [1.54, 1.807) is 0 Å². The van der Waals surface area contributed by atoms with Crippen LogP contribution in [0.5, 0.6) is 0 Å². The van der Waals surface area contributed by atoms with Crippen LogP contribution in [0, 0.1) is 5.92 Å². The van der Waals surface area contributed by atoms with Gasteiger partial charge in [0.1, 0.15) is 12.4 Å². The van der Waals surface area contributed by atoms with Gasteiger partial charge < -0.3 is 15.2 Å². The molecule has 0 atom stereocenters. The van der Waals surface area contributed by atoms with Crippen LogP contribution in [-0.4, -0.2) is 28.6 Å². The first-order chi connectivity index (χ1) is 11.7. The summed E-state index contributed by atoms with van der Waals surface area (Å²) in [6.45, 7) is 9.76. The molecule has 1 aromatic carbocycles. The third-order valence-corrected chi connectivity index (χ3v) is 3.64. The lowest BCUT2D eigenvalue weighted by molar-refractivity contribution is 0.507. The van der Waals surface area contributed by atoms with Gasteiger partial charge in [0.15, 0.2) is 5.96 Å². The van der Waals surface area contributed by atoms with E-state index in [2.05, 4.69) is 70.2 Å². The number of benzene rings is 1. The molecule has 2 aromatic rings. The molecule has 0 aliphatic rings. The highest BCUT2D eigenvalue weighted by Gasteiger charge is 2.05. The highest BCUT2D eigenvalue weighted by Crippen LogP contribution is 2.05. The zero-order valence-corrected chi connectivity index (χ0v) is 15.0. The second kappa shape index (κ2) is 9.75. The Morgan fingerprint density at radius 3 is 2.71 bits per heavy atom. The molecule has 0 amide bonds. The second-order valence-corrected chi connectivity index (χ2v) is 6.25. The van der Waals surface area contributed by atoms with Crippen molar-refractivity contribution in [3.8, 4) is 0 Å². The first kappa shape index (κ1) is 18.0. The van der Waals surface area contributed by atoms with Crippen molar-refractivity contribution < 1.29 is 0 Å². The van der Waals surface area contributed by atoms with E-state index in [9.17, 15) is 0 Å². The first-order valence-electron chi connectivity index (χ1n) is 8.75. The fraction of sp³-hybridized carbons (Fsp3) is 0.474. The van der Waals surface area contributed by atoms with Gasteiger partial charge in [0.05, 0.1) is 0 Å². The maximum Gasteiger partial charge on any atom is 0.191 e. The predicted octanol–water partition coefficient (Wildman–Crippen LogP) is 2.84. The molecule has 0 spiro atoms. The number of hydrogen-bond acceptors (Lipinski definition) is 2. The molecule has 0 saturated carbocycles. The van der Waals surface area contributed by atoms with Crippen molar-refractivity contribution in [2.24, 2.45) is 10.9 Å². The Labute approximate surface area is 145 Å². The van der Waals surface area contributed by atoms with Crippen LogP contribution >= 0.6 is 0 Å². The molecule has 0 aliphatic carbocycles. The zero-order valence-electron chi connectivity index (χ0n) is 15.0. The minimum absolute atomic E-state index is 0.584. The van der Waals surface area contributed by atoms with Crippen LogP contribution < -0.4 is 10.6 Å². The number of hydrogen-bond donors (Lipinski definition) is 2. The van der Waals surface area contributed by atoms with E-state index in [1.807, 2.05) is 18.5 Å². The molecule has 24 heavy (non-hydrogen) atoms. The molecule has 1 heterocycles. The monoisotopic (exact) mass is 327 g/mol. The Kier molecular flexibility index (Phi) is 7.33. The largest absolute Gasteiger partial charge is 0.357 e. The topological polar surface area (TPSA) is 54.2 Å². The number of imidazole rings is 1. The number of guanidine groups is 1. The lowest BCUT2D eigenvalue weighted by Crippen LogP contribution is -2.38. The molecule has 5 heteroatoms. The number of nitrogens with one attached hydrogen (secondary N) is 2. The van der Waals surface area contributed by atoms with Gasteiger partial charge in [-0.15, -0.1) is 0 Å². The van der Waals surface area contributed by atoms with Gasteiger partial charge in [0, 0.05) is 32.0 Å². The summed E-state index contributed by atoms with van der Waals surface area (Å²) >= 11 is 0. The number of rotatable bonds is 8. The maximum atomic E-state index is 4.67. The van der Waals surface area contributed by atoms with Crippen molar-refractivity contribution in [3.63, 3.8) is 0 Å². The van der Waals surface area contributed by atoms with Crippen molar-refractivity contribution in [2.45, 2.75) is 40.3 Å². The second-order valence-electron chi connectivity index (χ2n) is 6.25. The Hall–Kier alpha value is -2.30. The normalized spacial score (nSPS) is 11.8.